The van der Waals surface area contributed by atoms with E-state index in [1.54, 1.807) is 5.32 Å². The van der Waals surface area contributed by atoms with Gasteiger partial charge >= 0.3 is 6.18 Å². The van der Waals surface area contributed by atoms with Gasteiger partial charge in [0.15, 0.2) is 0 Å². The maximum absolute atomic E-state index is 13.8. The molecule has 128 valence electrons. The number of alkyl halides is 3. The molecule has 0 aliphatic carbocycles. The third-order valence-corrected chi connectivity index (χ3v) is 3.53. The number of aliphatic hydroxyl groups is 1. The Kier molecular flexibility index (Phi) is 5.20. The number of nitrogens with zero attached hydrogens (tertiary/aromatic N) is 1. The van der Waals surface area contributed by atoms with Crippen LogP contribution in [0, 0.1) is 11.6 Å². The number of aliphatic hydroxyl groups excluding tert-OH is 1. The Morgan fingerprint density at radius 3 is 2.70 bits per heavy atom. The van der Waals surface area contributed by atoms with E-state index in [9.17, 15) is 31.9 Å². The zero-order valence-electron chi connectivity index (χ0n) is 11.9. The van der Waals surface area contributed by atoms with Crippen LogP contribution < -0.4 is 5.32 Å². The van der Waals surface area contributed by atoms with Gasteiger partial charge < -0.3 is 10.4 Å². The number of hydrogen-bond donors (Lipinski definition) is 2. The van der Waals surface area contributed by atoms with Crippen molar-refractivity contribution in [2.45, 2.75) is 24.7 Å². The summed E-state index contributed by atoms with van der Waals surface area (Å²) in [5.74, 6) is -2.28. The fourth-order valence-corrected chi connectivity index (χ4v) is 2.59. The number of carbonyl (C=O) groups is 1. The summed E-state index contributed by atoms with van der Waals surface area (Å²) < 4.78 is 63.3. The summed E-state index contributed by atoms with van der Waals surface area (Å²) >= 11 is 0. The molecule has 1 aliphatic heterocycles. The van der Waals surface area contributed by atoms with Crippen molar-refractivity contribution in [2.24, 2.45) is 0 Å². The molecule has 0 saturated carbocycles. The van der Waals surface area contributed by atoms with E-state index in [0.717, 1.165) is 18.2 Å². The molecule has 0 radical (unpaired) electrons. The van der Waals surface area contributed by atoms with Crippen LogP contribution in [0.15, 0.2) is 18.2 Å². The zero-order chi connectivity index (χ0) is 17.2. The van der Waals surface area contributed by atoms with Gasteiger partial charge in [-0.3, -0.25) is 9.69 Å². The van der Waals surface area contributed by atoms with Gasteiger partial charge in [0, 0.05) is 18.2 Å². The Morgan fingerprint density at radius 1 is 1.35 bits per heavy atom. The molecule has 1 aliphatic rings. The molecule has 1 aromatic rings. The molecule has 9 heteroatoms. The summed E-state index contributed by atoms with van der Waals surface area (Å²) in [7, 11) is 0. The van der Waals surface area contributed by atoms with Crippen LogP contribution in [0.5, 0.6) is 0 Å². The third kappa shape index (κ3) is 4.87. The van der Waals surface area contributed by atoms with Crippen molar-refractivity contribution in [2.75, 3.05) is 19.6 Å². The Labute approximate surface area is 128 Å². The molecule has 0 aromatic heterocycles. The maximum Gasteiger partial charge on any atom is 0.405 e. The Morgan fingerprint density at radius 2 is 2.04 bits per heavy atom. The number of amides is 1. The fourth-order valence-electron chi connectivity index (χ4n) is 2.59. The standard InChI is InChI=1S/C14H15F5N2O2/c15-8-1-2-11(16)10(3-8)12-4-9(22)5-21(12)6-13(23)20-7-14(17,18)19/h1-3,9,12,22H,4-7H2,(H,20,23)/t9-,12-/m0/s1. The highest BCUT2D eigenvalue weighted by Crippen LogP contribution is 2.33. The molecular weight excluding hydrogens is 323 g/mol. The summed E-state index contributed by atoms with van der Waals surface area (Å²) in [6, 6.07) is 2.04. The van der Waals surface area contributed by atoms with Crippen molar-refractivity contribution in [1.82, 2.24) is 10.2 Å². The fraction of sp³-hybridized carbons (Fsp3) is 0.500. The summed E-state index contributed by atoms with van der Waals surface area (Å²) in [6.07, 6.45) is -5.35. The van der Waals surface area contributed by atoms with Gasteiger partial charge in [0.2, 0.25) is 5.91 Å². The first-order chi connectivity index (χ1) is 10.7. The van der Waals surface area contributed by atoms with Gasteiger partial charge in [-0.2, -0.15) is 13.2 Å². The van der Waals surface area contributed by atoms with Crippen LogP contribution in [-0.2, 0) is 4.79 Å². The summed E-state index contributed by atoms with van der Waals surface area (Å²) in [5, 5.41) is 11.4. The average molecular weight is 338 g/mol. The topological polar surface area (TPSA) is 52.6 Å². The molecule has 2 rings (SSSR count). The number of β-amino-alcohol motifs (C(OH)–C–C–N with tert-alkyl or cyclic N) is 1. The third-order valence-electron chi connectivity index (χ3n) is 3.53. The summed E-state index contributed by atoms with van der Waals surface area (Å²) in [4.78, 5) is 12.9. The minimum absolute atomic E-state index is 0.0138. The molecular formula is C14H15F5N2O2. The van der Waals surface area contributed by atoms with E-state index >= 15 is 0 Å². The van der Waals surface area contributed by atoms with Gasteiger partial charge in [-0.25, -0.2) is 8.78 Å². The second kappa shape index (κ2) is 6.79. The predicted molar refractivity (Wildman–Crippen MR) is 70.4 cm³/mol. The molecule has 0 spiro atoms. The molecule has 2 N–H and O–H groups in total. The molecule has 4 nitrogen and oxygen atoms in total. The molecule has 1 aromatic carbocycles. The van der Waals surface area contributed by atoms with Crippen LogP contribution in [0.1, 0.15) is 18.0 Å². The number of halogens is 5. The van der Waals surface area contributed by atoms with E-state index in [1.807, 2.05) is 0 Å². The number of nitrogens with one attached hydrogen (secondary N) is 1. The lowest BCUT2D eigenvalue weighted by Crippen LogP contribution is -2.41. The molecule has 2 atom stereocenters. The van der Waals surface area contributed by atoms with Crippen LogP contribution in [0.4, 0.5) is 22.0 Å². The van der Waals surface area contributed by atoms with E-state index in [-0.39, 0.29) is 18.5 Å². The maximum atomic E-state index is 13.8. The van der Waals surface area contributed by atoms with Crippen LogP contribution in [-0.4, -0.2) is 47.8 Å². The van der Waals surface area contributed by atoms with Crippen molar-refractivity contribution < 1.29 is 31.9 Å². The van der Waals surface area contributed by atoms with Gasteiger partial charge in [-0.1, -0.05) is 0 Å². The first-order valence-corrected chi connectivity index (χ1v) is 6.86. The van der Waals surface area contributed by atoms with E-state index in [2.05, 4.69) is 0 Å². The molecule has 0 bridgehead atoms. The van der Waals surface area contributed by atoms with Crippen molar-refractivity contribution in [3.05, 3.63) is 35.4 Å². The number of rotatable bonds is 4. The zero-order valence-corrected chi connectivity index (χ0v) is 11.9. The van der Waals surface area contributed by atoms with Crippen LogP contribution in [0.2, 0.25) is 0 Å². The van der Waals surface area contributed by atoms with Crippen molar-refractivity contribution in [1.29, 1.82) is 0 Å². The van der Waals surface area contributed by atoms with E-state index in [1.165, 1.54) is 4.90 Å². The summed E-state index contributed by atoms with van der Waals surface area (Å²) in [5.41, 5.74) is -0.0369. The lowest BCUT2D eigenvalue weighted by Gasteiger charge is -2.24. The highest BCUT2D eigenvalue weighted by molar-refractivity contribution is 5.78. The van der Waals surface area contributed by atoms with Gasteiger partial charge in [0.1, 0.15) is 18.2 Å². The van der Waals surface area contributed by atoms with Crippen LogP contribution in [0.25, 0.3) is 0 Å². The Bertz CT molecular complexity index is 579. The number of carbonyl (C=O) groups excluding carboxylic acids is 1. The minimum atomic E-state index is -4.53. The highest BCUT2D eigenvalue weighted by Gasteiger charge is 2.35. The quantitative estimate of drug-likeness (QED) is 0.823. The van der Waals surface area contributed by atoms with E-state index in [4.69, 9.17) is 0 Å². The SMILES string of the molecule is O=C(CN1C[C@@H](O)C[C@H]1c1cc(F)ccc1F)NCC(F)(F)F. The smallest absolute Gasteiger partial charge is 0.392 e. The molecule has 0 unspecified atom stereocenters. The van der Waals surface area contributed by atoms with Gasteiger partial charge in [0.25, 0.3) is 0 Å². The Balaban J connectivity index is 2.08. The minimum Gasteiger partial charge on any atom is -0.392 e. The molecule has 1 heterocycles. The number of hydrogen-bond acceptors (Lipinski definition) is 3. The van der Waals surface area contributed by atoms with Crippen molar-refractivity contribution in [3.63, 3.8) is 0 Å². The number of likely N-dealkylation sites (tertiary alicyclic amines) is 1. The Hall–Kier alpha value is -1.74. The van der Waals surface area contributed by atoms with E-state index < -0.39 is 49.0 Å². The number of benzene rings is 1. The normalized spacial score (nSPS) is 22.3. The van der Waals surface area contributed by atoms with Gasteiger partial charge in [-0.15, -0.1) is 0 Å². The lowest BCUT2D eigenvalue weighted by atomic mass is 10.0. The molecule has 1 fully saturated rings. The van der Waals surface area contributed by atoms with Gasteiger partial charge in [0.05, 0.1) is 12.6 Å². The first-order valence-electron chi connectivity index (χ1n) is 6.86. The van der Waals surface area contributed by atoms with Gasteiger partial charge in [-0.05, 0) is 24.6 Å². The second-order valence-corrected chi connectivity index (χ2v) is 5.39. The molecule has 1 amide bonds. The summed E-state index contributed by atoms with van der Waals surface area (Å²) in [6.45, 7) is -1.94. The highest BCUT2D eigenvalue weighted by atomic mass is 19.4. The first kappa shape index (κ1) is 17.6. The lowest BCUT2D eigenvalue weighted by molar-refractivity contribution is -0.139. The van der Waals surface area contributed by atoms with Crippen LogP contribution >= 0.6 is 0 Å². The average Bonchev–Trinajstić information content (AvgIpc) is 2.79. The monoisotopic (exact) mass is 338 g/mol. The molecule has 1 saturated heterocycles. The van der Waals surface area contributed by atoms with Crippen molar-refractivity contribution in [3.8, 4) is 0 Å². The second-order valence-electron chi connectivity index (χ2n) is 5.39. The van der Waals surface area contributed by atoms with E-state index in [0.29, 0.717) is 0 Å². The van der Waals surface area contributed by atoms with Crippen LogP contribution in [0.3, 0.4) is 0 Å². The largest absolute Gasteiger partial charge is 0.405 e. The van der Waals surface area contributed by atoms with Crippen molar-refractivity contribution >= 4 is 5.91 Å². The predicted octanol–water partition coefficient (Wildman–Crippen LogP) is 1.75. The molecule has 23 heavy (non-hydrogen) atoms.